The smallest absolute Gasteiger partial charge is 0.280 e. The number of nitrogens with one attached hydrogen (secondary N) is 1. The van der Waals surface area contributed by atoms with Crippen molar-refractivity contribution in [1.82, 2.24) is 14.9 Å². The standard InChI is InChI=1S/C18H16N4O3S/c23-22(24)16-4-2-1-3-14(16)17-6-5-13(25-17)11-21-8-7-15-12(10-21)9-19-18(26)20-15/h1-6,9H,7-8,10-11H2,(H,19,20,26). The molecule has 132 valence electrons. The molecule has 3 aromatic rings. The fraction of sp³-hybridized carbons (Fsp3) is 0.222. The van der Waals surface area contributed by atoms with Crippen LogP contribution in [0.25, 0.3) is 11.3 Å². The molecule has 0 unspecified atom stereocenters. The van der Waals surface area contributed by atoms with Crippen LogP contribution in [0.15, 0.2) is 47.0 Å². The molecule has 0 atom stereocenters. The molecule has 0 fully saturated rings. The first-order valence-corrected chi connectivity index (χ1v) is 8.63. The van der Waals surface area contributed by atoms with E-state index in [0.29, 0.717) is 22.6 Å². The highest BCUT2D eigenvalue weighted by Gasteiger charge is 2.20. The summed E-state index contributed by atoms with van der Waals surface area (Å²) in [5, 5.41) is 11.2. The molecule has 1 aliphatic rings. The maximum absolute atomic E-state index is 11.2. The van der Waals surface area contributed by atoms with E-state index in [4.69, 9.17) is 16.6 Å². The van der Waals surface area contributed by atoms with Gasteiger partial charge in [0.25, 0.3) is 5.69 Å². The quantitative estimate of drug-likeness (QED) is 0.427. The van der Waals surface area contributed by atoms with Crippen molar-refractivity contribution in [2.24, 2.45) is 0 Å². The lowest BCUT2D eigenvalue weighted by molar-refractivity contribution is -0.384. The van der Waals surface area contributed by atoms with Crippen molar-refractivity contribution in [3.63, 3.8) is 0 Å². The molecule has 0 saturated carbocycles. The van der Waals surface area contributed by atoms with Gasteiger partial charge < -0.3 is 9.40 Å². The lowest BCUT2D eigenvalue weighted by Crippen LogP contribution is -2.30. The molecular formula is C18H16N4O3S. The monoisotopic (exact) mass is 368 g/mol. The van der Waals surface area contributed by atoms with Crippen LogP contribution in [0.2, 0.25) is 0 Å². The van der Waals surface area contributed by atoms with E-state index in [2.05, 4.69) is 14.9 Å². The lowest BCUT2D eigenvalue weighted by Gasteiger charge is -2.27. The number of rotatable bonds is 4. The highest BCUT2D eigenvalue weighted by atomic mass is 32.1. The van der Waals surface area contributed by atoms with E-state index in [0.717, 1.165) is 36.5 Å². The minimum Gasteiger partial charge on any atom is -0.459 e. The van der Waals surface area contributed by atoms with Gasteiger partial charge in [-0.1, -0.05) is 12.1 Å². The van der Waals surface area contributed by atoms with Crippen molar-refractivity contribution in [3.05, 3.63) is 74.5 Å². The van der Waals surface area contributed by atoms with Crippen LogP contribution in [-0.4, -0.2) is 26.3 Å². The Bertz CT molecular complexity index is 1030. The summed E-state index contributed by atoms with van der Waals surface area (Å²) < 4.78 is 6.40. The van der Waals surface area contributed by atoms with Crippen LogP contribution in [0.5, 0.6) is 0 Å². The fourth-order valence-electron chi connectivity index (χ4n) is 3.21. The Morgan fingerprint density at radius 2 is 2.15 bits per heavy atom. The SMILES string of the molecule is O=[N+]([O-])c1ccccc1-c1ccc(CN2CCc3[nH]c(=S)ncc3C2)o1. The molecule has 0 bridgehead atoms. The third-order valence-corrected chi connectivity index (χ3v) is 4.67. The third-order valence-electron chi connectivity index (χ3n) is 4.46. The van der Waals surface area contributed by atoms with Gasteiger partial charge in [0, 0.05) is 43.0 Å². The van der Waals surface area contributed by atoms with Gasteiger partial charge in [-0.25, -0.2) is 4.98 Å². The minimum atomic E-state index is -0.393. The number of aromatic amines is 1. The second-order valence-electron chi connectivity index (χ2n) is 6.19. The van der Waals surface area contributed by atoms with Crippen LogP contribution in [0.3, 0.4) is 0 Å². The first-order valence-electron chi connectivity index (χ1n) is 8.22. The van der Waals surface area contributed by atoms with Gasteiger partial charge in [-0.3, -0.25) is 15.0 Å². The summed E-state index contributed by atoms with van der Waals surface area (Å²) in [6.07, 6.45) is 2.69. The molecule has 8 heteroatoms. The molecule has 0 spiro atoms. The molecule has 0 aliphatic carbocycles. The lowest BCUT2D eigenvalue weighted by atomic mass is 10.1. The maximum atomic E-state index is 11.2. The van der Waals surface area contributed by atoms with E-state index in [1.54, 1.807) is 24.3 Å². The Morgan fingerprint density at radius 1 is 1.31 bits per heavy atom. The topological polar surface area (TPSA) is 88.2 Å². The summed E-state index contributed by atoms with van der Waals surface area (Å²) in [6, 6.07) is 10.3. The van der Waals surface area contributed by atoms with Crippen molar-refractivity contribution >= 4 is 17.9 Å². The molecule has 3 heterocycles. The van der Waals surface area contributed by atoms with Crippen LogP contribution in [0.1, 0.15) is 17.0 Å². The molecule has 1 N–H and O–H groups in total. The maximum Gasteiger partial charge on any atom is 0.280 e. The van der Waals surface area contributed by atoms with E-state index in [-0.39, 0.29) is 5.69 Å². The molecule has 0 saturated heterocycles. The molecule has 7 nitrogen and oxygen atoms in total. The summed E-state index contributed by atoms with van der Waals surface area (Å²) in [5.74, 6) is 1.29. The average molecular weight is 368 g/mol. The average Bonchev–Trinajstić information content (AvgIpc) is 3.10. The highest BCUT2D eigenvalue weighted by molar-refractivity contribution is 7.71. The molecule has 0 radical (unpaired) electrons. The van der Waals surface area contributed by atoms with Gasteiger partial charge in [0.1, 0.15) is 11.5 Å². The summed E-state index contributed by atoms with van der Waals surface area (Å²) in [5.41, 5.74) is 2.81. The zero-order valence-electron chi connectivity index (χ0n) is 13.8. The van der Waals surface area contributed by atoms with Gasteiger partial charge in [-0.15, -0.1) is 0 Å². The number of benzene rings is 1. The Morgan fingerprint density at radius 3 is 3.00 bits per heavy atom. The Kier molecular flexibility index (Phi) is 4.36. The Hall–Kier alpha value is -2.84. The van der Waals surface area contributed by atoms with Crippen molar-refractivity contribution < 1.29 is 9.34 Å². The van der Waals surface area contributed by atoms with E-state index in [9.17, 15) is 10.1 Å². The fourth-order valence-corrected chi connectivity index (χ4v) is 3.39. The van der Waals surface area contributed by atoms with Crippen molar-refractivity contribution in [3.8, 4) is 11.3 Å². The number of nitrogens with zero attached hydrogens (tertiary/aromatic N) is 3. The first-order chi connectivity index (χ1) is 12.6. The summed E-state index contributed by atoms with van der Waals surface area (Å²) in [6.45, 7) is 2.27. The van der Waals surface area contributed by atoms with E-state index in [1.165, 1.54) is 6.07 Å². The second-order valence-corrected chi connectivity index (χ2v) is 6.58. The Balaban J connectivity index is 1.52. The predicted molar refractivity (Wildman–Crippen MR) is 98.0 cm³/mol. The minimum absolute atomic E-state index is 0.0432. The van der Waals surface area contributed by atoms with Crippen molar-refractivity contribution in [1.29, 1.82) is 0 Å². The third kappa shape index (κ3) is 3.29. The van der Waals surface area contributed by atoms with Gasteiger partial charge in [-0.2, -0.15) is 0 Å². The van der Waals surface area contributed by atoms with Crippen LogP contribution >= 0.6 is 12.2 Å². The van der Waals surface area contributed by atoms with Gasteiger partial charge in [0.2, 0.25) is 0 Å². The highest BCUT2D eigenvalue weighted by Crippen LogP contribution is 2.31. The van der Waals surface area contributed by atoms with E-state index >= 15 is 0 Å². The number of nitro benzene ring substituents is 1. The molecule has 26 heavy (non-hydrogen) atoms. The predicted octanol–water partition coefficient (Wildman–Crippen LogP) is 3.87. The van der Waals surface area contributed by atoms with Crippen molar-refractivity contribution in [2.75, 3.05) is 6.54 Å². The van der Waals surface area contributed by atoms with Crippen LogP contribution in [-0.2, 0) is 19.5 Å². The number of nitro groups is 1. The van der Waals surface area contributed by atoms with Crippen LogP contribution in [0.4, 0.5) is 5.69 Å². The number of fused-ring (bicyclic) bond motifs is 1. The molecule has 1 aromatic carbocycles. The van der Waals surface area contributed by atoms with Crippen molar-refractivity contribution in [2.45, 2.75) is 19.5 Å². The van der Waals surface area contributed by atoms with E-state index in [1.807, 2.05) is 12.3 Å². The number of hydrogen-bond donors (Lipinski definition) is 1. The number of aromatic nitrogens is 2. The second kappa shape index (κ2) is 6.81. The zero-order valence-corrected chi connectivity index (χ0v) is 14.7. The molecule has 1 aliphatic heterocycles. The largest absolute Gasteiger partial charge is 0.459 e. The van der Waals surface area contributed by atoms with Crippen LogP contribution < -0.4 is 0 Å². The number of para-hydroxylation sites is 1. The van der Waals surface area contributed by atoms with Gasteiger partial charge in [0.05, 0.1) is 17.0 Å². The number of hydrogen-bond acceptors (Lipinski definition) is 6. The van der Waals surface area contributed by atoms with Crippen LogP contribution in [0, 0.1) is 14.9 Å². The van der Waals surface area contributed by atoms with Gasteiger partial charge in [-0.05, 0) is 30.4 Å². The normalized spacial score (nSPS) is 14.2. The molecule has 2 aromatic heterocycles. The number of H-pyrrole nitrogens is 1. The first kappa shape index (κ1) is 16.6. The molecule has 4 rings (SSSR count). The van der Waals surface area contributed by atoms with Gasteiger partial charge >= 0.3 is 0 Å². The van der Waals surface area contributed by atoms with E-state index < -0.39 is 4.92 Å². The Labute approximate surface area is 154 Å². The zero-order chi connectivity index (χ0) is 18.1. The summed E-state index contributed by atoms with van der Waals surface area (Å²) in [4.78, 5) is 20.4. The summed E-state index contributed by atoms with van der Waals surface area (Å²) >= 11 is 5.07. The van der Waals surface area contributed by atoms with Gasteiger partial charge in [0.15, 0.2) is 4.77 Å². The summed E-state index contributed by atoms with van der Waals surface area (Å²) in [7, 11) is 0. The molecular weight excluding hydrogens is 352 g/mol. The molecule has 0 amide bonds. The number of furan rings is 1.